The van der Waals surface area contributed by atoms with Gasteiger partial charge in [0.1, 0.15) is 0 Å². The summed E-state index contributed by atoms with van der Waals surface area (Å²) in [7, 11) is 0. The molecule has 1 aliphatic rings. The van der Waals surface area contributed by atoms with Crippen molar-refractivity contribution < 1.29 is 9.84 Å². The predicted molar refractivity (Wildman–Crippen MR) is 62.8 cm³/mol. The van der Waals surface area contributed by atoms with Gasteiger partial charge in [-0.2, -0.15) is 0 Å². The Morgan fingerprint density at radius 2 is 1.93 bits per heavy atom. The molecule has 2 nitrogen and oxygen atoms in total. The minimum atomic E-state index is 0.343. The van der Waals surface area contributed by atoms with Crippen molar-refractivity contribution >= 4 is 0 Å². The van der Waals surface area contributed by atoms with E-state index in [-0.39, 0.29) is 0 Å². The summed E-state index contributed by atoms with van der Waals surface area (Å²) in [5.74, 6) is 1.86. The number of aliphatic hydroxyl groups excluding tert-OH is 1. The standard InChI is InChI=1S/C13H26O2/c1-11(2)10-15-8-7-13(9-14)12-5-3-4-6-12/h11-14H,3-10H2,1-2H3. The van der Waals surface area contributed by atoms with Crippen LogP contribution in [-0.4, -0.2) is 24.9 Å². The second kappa shape index (κ2) is 7.24. The van der Waals surface area contributed by atoms with Gasteiger partial charge < -0.3 is 9.84 Å². The van der Waals surface area contributed by atoms with E-state index in [4.69, 9.17) is 4.74 Å². The summed E-state index contributed by atoms with van der Waals surface area (Å²) in [6.45, 7) is 6.35. The number of aliphatic hydroxyl groups is 1. The molecule has 1 unspecified atom stereocenters. The zero-order valence-electron chi connectivity index (χ0n) is 10.2. The van der Waals surface area contributed by atoms with Crippen molar-refractivity contribution in [1.82, 2.24) is 0 Å². The molecule has 0 heterocycles. The Hall–Kier alpha value is -0.0800. The maximum atomic E-state index is 9.34. The van der Waals surface area contributed by atoms with Crippen LogP contribution in [0.2, 0.25) is 0 Å². The van der Waals surface area contributed by atoms with Crippen molar-refractivity contribution in [1.29, 1.82) is 0 Å². The molecule has 90 valence electrons. The lowest BCUT2D eigenvalue weighted by molar-refractivity contribution is 0.0746. The average molecular weight is 214 g/mol. The van der Waals surface area contributed by atoms with Gasteiger partial charge in [0.15, 0.2) is 0 Å². The largest absolute Gasteiger partial charge is 0.396 e. The van der Waals surface area contributed by atoms with Crippen LogP contribution in [0.3, 0.4) is 0 Å². The highest BCUT2D eigenvalue weighted by molar-refractivity contribution is 4.74. The van der Waals surface area contributed by atoms with Gasteiger partial charge in [-0.3, -0.25) is 0 Å². The van der Waals surface area contributed by atoms with Crippen molar-refractivity contribution in [3.63, 3.8) is 0 Å². The number of hydrogen-bond donors (Lipinski definition) is 1. The lowest BCUT2D eigenvalue weighted by Crippen LogP contribution is -2.18. The van der Waals surface area contributed by atoms with Crippen LogP contribution in [0.5, 0.6) is 0 Å². The smallest absolute Gasteiger partial charge is 0.0488 e. The van der Waals surface area contributed by atoms with Gasteiger partial charge >= 0.3 is 0 Å². The highest BCUT2D eigenvalue weighted by Gasteiger charge is 2.23. The minimum absolute atomic E-state index is 0.343. The van der Waals surface area contributed by atoms with E-state index in [1.165, 1.54) is 25.7 Å². The van der Waals surface area contributed by atoms with E-state index < -0.39 is 0 Å². The van der Waals surface area contributed by atoms with E-state index in [2.05, 4.69) is 13.8 Å². The fourth-order valence-corrected chi connectivity index (χ4v) is 2.46. The zero-order chi connectivity index (χ0) is 11.1. The van der Waals surface area contributed by atoms with Crippen LogP contribution in [0, 0.1) is 17.8 Å². The van der Waals surface area contributed by atoms with Crippen LogP contribution < -0.4 is 0 Å². The van der Waals surface area contributed by atoms with E-state index in [9.17, 15) is 5.11 Å². The molecule has 1 fully saturated rings. The van der Waals surface area contributed by atoms with E-state index in [1.807, 2.05) is 0 Å². The Morgan fingerprint density at radius 3 is 2.47 bits per heavy atom. The molecule has 0 bridgehead atoms. The van der Waals surface area contributed by atoms with Gasteiger partial charge in [0, 0.05) is 19.8 Å². The first-order valence-electron chi connectivity index (χ1n) is 6.42. The fourth-order valence-electron chi connectivity index (χ4n) is 2.46. The van der Waals surface area contributed by atoms with Crippen molar-refractivity contribution in [2.24, 2.45) is 17.8 Å². The van der Waals surface area contributed by atoms with Gasteiger partial charge in [-0.25, -0.2) is 0 Å². The van der Waals surface area contributed by atoms with Crippen LogP contribution in [0.4, 0.5) is 0 Å². The van der Waals surface area contributed by atoms with E-state index in [0.29, 0.717) is 18.4 Å². The fraction of sp³-hybridized carbons (Fsp3) is 1.00. The van der Waals surface area contributed by atoms with Crippen molar-refractivity contribution in [3.8, 4) is 0 Å². The first kappa shape index (κ1) is 13.0. The van der Waals surface area contributed by atoms with Gasteiger partial charge in [0.2, 0.25) is 0 Å². The van der Waals surface area contributed by atoms with Gasteiger partial charge in [-0.1, -0.05) is 39.5 Å². The number of rotatable bonds is 7. The molecule has 15 heavy (non-hydrogen) atoms. The third kappa shape index (κ3) is 4.98. The van der Waals surface area contributed by atoms with E-state index in [1.54, 1.807) is 0 Å². The zero-order valence-corrected chi connectivity index (χ0v) is 10.2. The summed E-state index contributed by atoms with van der Waals surface area (Å²) >= 11 is 0. The molecule has 1 atom stereocenters. The van der Waals surface area contributed by atoms with Crippen LogP contribution in [-0.2, 0) is 4.74 Å². The molecule has 1 saturated carbocycles. The normalized spacial score (nSPS) is 20.0. The molecule has 0 aliphatic heterocycles. The third-order valence-electron chi connectivity index (χ3n) is 3.39. The van der Waals surface area contributed by atoms with Gasteiger partial charge in [0.25, 0.3) is 0 Å². The molecule has 0 spiro atoms. The quantitative estimate of drug-likeness (QED) is 0.660. The maximum Gasteiger partial charge on any atom is 0.0488 e. The minimum Gasteiger partial charge on any atom is -0.396 e. The second-order valence-electron chi connectivity index (χ2n) is 5.24. The molecular weight excluding hydrogens is 188 g/mol. The molecule has 0 saturated heterocycles. The van der Waals surface area contributed by atoms with Crippen molar-refractivity contribution in [2.75, 3.05) is 19.8 Å². The molecular formula is C13H26O2. The highest BCUT2D eigenvalue weighted by atomic mass is 16.5. The van der Waals surface area contributed by atoms with Crippen LogP contribution in [0.25, 0.3) is 0 Å². The third-order valence-corrected chi connectivity index (χ3v) is 3.39. The number of ether oxygens (including phenoxy) is 1. The molecule has 0 aromatic carbocycles. The SMILES string of the molecule is CC(C)COCCC(CO)C1CCCC1. The topological polar surface area (TPSA) is 29.5 Å². The highest BCUT2D eigenvalue weighted by Crippen LogP contribution is 2.32. The Labute approximate surface area is 94.0 Å². The molecule has 1 rings (SSSR count). The molecule has 0 aromatic rings. The number of hydrogen-bond acceptors (Lipinski definition) is 2. The van der Waals surface area contributed by atoms with Gasteiger partial charge in [0.05, 0.1) is 0 Å². The van der Waals surface area contributed by atoms with Crippen molar-refractivity contribution in [2.45, 2.75) is 46.0 Å². The summed E-state index contributed by atoms with van der Waals surface area (Å²) in [6.07, 6.45) is 6.38. The van der Waals surface area contributed by atoms with Crippen LogP contribution >= 0.6 is 0 Å². The molecule has 1 aliphatic carbocycles. The maximum absolute atomic E-state index is 9.34. The monoisotopic (exact) mass is 214 g/mol. The summed E-state index contributed by atoms with van der Waals surface area (Å²) in [5.41, 5.74) is 0. The molecule has 0 radical (unpaired) electrons. The molecule has 2 heteroatoms. The summed E-state index contributed by atoms with van der Waals surface area (Å²) in [5, 5.41) is 9.34. The Bertz CT molecular complexity index is 151. The van der Waals surface area contributed by atoms with Gasteiger partial charge in [-0.05, 0) is 24.2 Å². The molecule has 1 N–H and O–H groups in total. The van der Waals surface area contributed by atoms with E-state index >= 15 is 0 Å². The lowest BCUT2D eigenvalue weighted by Gasteiger charge is -2.21. The first-order valence-corrected chi connectivity index (χ1v) is 6.42. The van der Waals surface area contributed by atoms with Gasteiger partial charge in [-0.15, -0.1) is 0 Å². The van der Waals surface area contributed by atoms with E-state index in [0.717, 1.165) is 25.6 Å². The van der Waals surface area contributed by atoms with Crippen LogP contribution in [0.15, 0.2) is 0 Å². The summed E-state index contributed by atoms with van der Waals surface area (Å²) < 4.78 is 5.58. The predicted octanol–water partition coefficient (Wildman–Crippen LogP) is 2.85. The summed E-state index contributed by atoms with van der Waals surface area (Å²) in [4.78, 5) is 0. The Balaban J connectivity index is 2.10. The molecule has 0 amide bonds. The summed E-state index contributed by atoms with van der Waals surface area (Å²) in [6, 6.07) is 0. The van der Waals surface area contributed by atoms with Crippen LogP contribution in [0.1, 0.15) is 46.0 Å². The lowest BCUT2D eigenvalue weighted by atomic mass is 9.89. The Morgan fingerprint density at radius 1 is 1.27 bits per heavy atom. The first-order chi connectivity index (χ1) is 7.24. The molecule has 0 aromatic heterocycles. The second-order valence-corrected chi connectivity index (χ2v) is 5.24. The van der Waals surface area contributed by atoms with Crippen molar-refractivity contribution in [3.05, 3.63) is 0 Å². The average Bonchev–Trinajstić information content (AvgIpc) is 2.70. The Kier molecular flexibility index (Phi) is 6.26.